The zero-order valence-electron chi connectivity index (χ0n) is 12.5. The second-order valence-corrected chi connectivity index (χ2v) is 5.44. The van der Waals surface area contributed by atoms with Crippen molar-refractivity contribution in [1.82, 2.24) is 20.2 Å². The lowest BCUT2D eigenvalue weighted by Gasteiger charge is -2.08. The van der Waals surface area contributed by atoms with E-state index < -0.39 is 0 Å². The lowest BCUT2D eigenvalue weighted by atomic mass is 10.0. The molecule has 0 amide bonds. The number of H-pyrrole nitrogens is 2. The molecule has 5 nitrogen and oxygen atoms in total. The summed E-state index contributed by atoms with van der Waals surface area (Å²) in [7, 11) is 0. The van der Waals surface area contributed by atoms with E-state index in [2.05, 4.69) is 26.2 Å². The minimum atomic E-state index is -0.132. The molecule has 0 aliphatic heterocycles. The molecular formula is C18H14N4O. The van der Waals surface area contributed by atoms with Gasteiger partial charge in [-0.25, -0.2) is 4.98 Å². The molecule has 0 radical (unpaired) electrons. The van der Waals surface area contributed by atoms with E-state index >= 15 is 0 Å². The molecule has 112 valence electrons. The first-order valence-corrected chi connectivity index (χ1v) is 7.31. The van der Waals surface area contributed by atoms with Crippen LogP contribution in [0.25, 0.3) is 33.4 Å². The fourth-order valence-electron chi connectivity index (χ4n) is 2.74. The number of aromatic amines is 2. The fraction of sp³-hybridized carbons (Fsp3) is 0.0556. The van der Waals surface area contributed by atoms with E-state index in [1.54, 1.807) is 24.5 Å². The van der Waals surface area contributed by atoms with Crippen LogP contribution in [-0.2, 0) is 0 Å². The average molecular weight is 302 g/mol. The molecular weight excluding hydrogens is 288 g/mol. The minimum Gasteiger partial charge on any atom is -0.329 e. The Morgan fingerprint density at radius 3 is 2.78 bits per heavy atom. The van der Waals surface area contributed by atoms with E-state index in [1.807, 2.05) is 31.2 Å². The maximum absolute atomic E-state index is 12.0. The number of nitrogens with zero attached hydrogens (tertiary/aromatic N) is 2. The number of fused-ring (bicyclic) bond motifs is 1. The summed E-state index contributed by atoms with van der Waals surface area (Å²) in [6.45, 7) is 2.03. The summed E-state index contributed by atoms with van der Waals surface area (Å²) in [4.78, 5) is 19.3. The first-order valence-electron chi connectivity index (χ1n) is 7.31. The van der Waals surface area contributed by atoms with Crippen molar-refractivity contribution in [1.29, 1.82) is 0 Å². The highest BCUT2D eigenvalue weighted by Crippen LogP contribution is 2.26. The molecule has 0 saturated carbocycles. The first-order chi connectivity index (χ1) is 11.2. The van der Waals surface area contributed by atoms with E-state index in [1.165, 1.54) is 0 Å². The van der Waals surface area contributed by atoms with Crippen LogP contribution in [0.2, 0.25) is 0 Å². The van der Waals surface area contributed by atoms with Crippen molar-refractivity contribution in [2.75, 3.05) is 0 Å². The number of nitrogens with one attached hydrogen (secondary N) is 2. The van der Waals surface area contributed by atoms with E-state index in [-0.39, 0.29) is 5.56 Å². The summed E-state index contributed by atoms with van der Waals surface area (Å²) in [6, 6.07) is 13.5. The fourth-order valence-corrected chi connectivity index (χ4v) is 2.74. The summed E-state index contributed by atoms with van der Waals surface area (Å²) in [5, 5.41) is 8.02. The summed E-state index contributed by atoms with van der Waals surface area (Å²) in [5.74, 6) is 0. The lowest BCUT2D eigenvalue weighted by molar-refractivity contribution is 1.10. The van der Waals surface area contributed by atoms with Gasteiger partial charge in [-0.1, -0.05) is 6.07 Å². The van der Waals surface area contributed by atoms with Crippen LogP contribution in [-0.4, -0.2) is 20.2 Å². The largest absolute Gasteiger partial charge is 0.329 e. The molecule has 4 rings (SSSR count). The Hall–Kier alpha value is -3.21. The van der Waals surface area contributed by atoms with Crippen LogP contribution < -0.4 is 5.56 Å². The van der Waals surface area contributed by atoms with Gasteiger partial charge < -0.3 is 4.98 Å². The Morgan fingerprint density at radius 1 is 1.09 bits per heavy atom. The Bertz CT molecular complexity index is 1050. The van der Waals surface area contributed by atoms with Gasteiger partial charge in [0.25, 0.3) is 5.56 Å². The number of aryl methyl sites for hydroxylation is 1. The number of pyridine rings is 2. The number of hydrogen-bond acceptors (Lipinski definition) is 3. The monoisotopic (exact) mass is 302 g/mol. The summed E-state index contributed by atoms with van der Waals surface area (Å²) < 4.78 is 0. The molecule has 3 aromatic heterocycles. The molecule has 23 heavy (non-hydrogen) atoms. The molecule has 3 heterocycles. The van der Waals surface area contributed by atoms with Crippen LogP contribution in [0, 0.1) is 6.92 Å². The van der Waals surface area contributed by atoms with Crippen molar-refractivity contribution in [2.45, 2.75) is 6.92 Å². The van der Waals surface area contributed by atoms with Crippen molar-refractivity contribution in [3.63, 3.8) is 0 Å². The third kappa shape index (κ3) is 2.32. The summed E-state index contributed by atoms with van der Waals surface area (Å²) in [6.07, 6.45) is 3.35. The number of hydrogen-bond donors (Lipinski definition) is 2. The van der Waals surface area contributed by atoms with Crippen molar-refractivity contribution in [3.05, 3.63) is 70.8 Å². The van der Waals surface area contributed by atoms with Crippen molar-refractivity contribution >= 4 is 10.9 Å². The van der Waals surface area contributed by atoms with Crippen LogP contribution in [0.3, 0.4) is 0 Å². The van der Waals surface area contributed by atoms with Crippen LogP contribution in [0.15, 0.2) is 59.7 Å². The average Bonchev–Trinajstić information content (AvgIpc) is 3.09. The number of aromatic nitrogens is 4. The first kappa shape index (κ1) is 13.5. The zero-order chi connectivity index (χ0) is 15.8. The van der Waals surface area contributed by atoms with Crippen LogP contribution in [0.1, 0.15) is 5.56 Å². The number of rotatable bonds is 2. The van der Waals surface area contributed by atoms with Crippen LogP contribution in [0.4, 0.5) is 0 Å². The highest BCUT2D eigenvalue weighted by molar-refractivity contribution is 5.88. The predicted molar refractivity (Wildman–Crippen MR) is 90.1 cm³/mol. The molecule has 0 bridgehead atoms. The highest BCUT2D eigenvalue weighted by Gasteiger charge is 2.09. The summed E-state index contributed by atoms with van der Waals surface area (Å²) in [5.41, 5.74) is 5.11. The second kappa shape index (κ2) is 5.21. The van der Waals surface area contributed by atoms with E-state index in [0.717, 1.165) is 27.7 Å². The molecule has 0 unspecified atom stereocenters. The maximum atomic E-state index is 12.0. The third-order valence-corrected chi connectivity index (χ3v) is 3.92. The molecule has 2 N–H and O–H groups in total. The topological polar surface area (TPSA) is 74.4 Å². The van der Waals surface area contributed by atoms with Gasteiger partial charge in [0.05, 0.1) is 22.5 Å². The van der Waals surface area contributed by atoms with Crippen LogP contribution in [0.5, 0.6) is 0 Å². The van der Waals surface area contributed by atoms with Gasteiger partial charge >= 0.3 is 0 Å². The third-order valence-electron chi connectivity index (χ3n) is 3.92. The van der Waals surface area contributed by atoms with E-state index in [0.29, 0.717) is 11.3 Å². The van der Waals surface area contributed by atoms with Gasteiger partial charge in [0.2, 0.25) is 0 Å². The van der Waals surface area contributed by atoms with Gasteiger partial charge in [-0.3, -0.25) is 9.89 Å². The van der Waals surface area contributed by atoms with Gasteiger partial charge in [0.1, 0.15) is 0 Å². The number of benzene rings is 1. The molecule has 4 aromatic rings. The Labute approximate surface area is 132 Å². The predicted octanol–water partition coefficient (Wildman–Crippen LogP) is 3.29. The van der Waals surface area contributed by atoms with Gasteiger partial charge in [-0.05, 0) is 48.9 Å². The smallest absolute Gasteiger partial charge is 0.257 e. The lowest BCUT2D eigenvalue weighted by Crippen LogP contribution is -2.08. The molecule has 0 spiro atoms. The molecule has 0 aliphatic carbocycles. The van der Waals surface area contributed by atoms with Gasteiger partial charge in [0, 0.05) is 23.3 Å². The minimum absolute atomic E-state index is 0.132. The zero-order valence-corrected chi connectivity index (χ0v) is 12.5. The quantitative estimate of drug-likeness (QED) is 0.596. The Morgan fingerprint density at radius 2 is 2.00 bits per heavy atom. The highest BCUT2D eigenvalue weighted by atomic mass is 16.1. The van der Waals surface area contributed by atoms with Gasteiger partial charge in [-0.15, -0.1) is 0 Å². The van der Waals surface area contributed by atoms with Crippen LogP contribution >= 0.6 is 0 Å². The molecule has 0 fully saturated rings. The molecule has 0 aliphatic rings. The Balaban J connectivity index is 1.91. The van der Waals surface area contributed by atoms with Gasteiger partial charge in [0.15, 0.2) is 0 Å². The molecule has 0 atom stereocenters. The Kier molecular flexibility index (Phi) is 3.05. The maximum Gasteiger partial charge on any atom is 0.257 e. The summed E-state index contributed by atoms with van der Waals surface area (Å²) >= 11 is 0. The van der Waals surface area contributed by atoms with Crippen molar-refractivity contribution < 1.29 is 0 Å². The molecule has 5 heteroatoms. The van der Waals surface area contributed by atoms with E-state index in [9.17, 15) is 4.79 Å². The normalized spacial score (nSPS) is 11.0. The van der Waals surface area contributed by atoms with Crippen molar-refractivity contribution in [3.8, 4) is 22.5 Å². The second-order valence-electron chi connectivity index (χ2n) is 5.44. The standard InChI is InChI=1S/C18H14N4O/c1-11-9-17(13-3-2-7-19-18(13)23)21-16-5-4-12(10-14(11)16)15-6-8-20-22-15/h2-10H,1H3,(H,19,23)(H,20,22). The molecule has 1 aromatic carbocycles. The SMILES string of the molecule is Cc1cc(-c2ccc[nH]c2=O)nc2ccc(-c3ccn[nH]3)cc12. The van der Waals surface area contributed by atoms with Gasteiger partial charge in [-0.2, -0.15) is 5.10 Å². The van der Waals surface area contributed by atoms with E-state index in [4.69, 9.17) is 0 Å². The molecule has 0 saturated heterocycles. The van der Waals surface area contributed by atoms with Crippen molar-refractivity contribution in [2.24, 2.45) is 0 Å².